The highest BCUT2D eigenvalue weighted by Crippen LogP contribution is 2.34. The molecule has 6 heteroatoms. The molecule has 0 aliphatic rings. The molecule has 100 valence electrons. The summed E-state index contributed by atoms with van der Waals surface area (Å²) in [6.45, 7) is 0. The van der Waals surface area contributed by atoms with Crippen LogP contribution in [-0.2, 0) is 9.84 Å². The van der Waals surface area contributed by atoms with Crippen LogP contribution in [0.25, 0.3) is 0 Å². The molecule has 19 heavy (non-hydrogen) atoms. The van der Waals surface area contributed by atoms with Gasteiger partial charge in [0, 0.05) is 26.8 Å². The fourth-order valence-corrected chi connectivity index (χ4v) is 3.32. The minimum absolute atomic E-state index is 0.223. The fraction of sp³-hybridized carbons (Fsp3) is 0.0769. The number of rotatable bonds is 3. The van der Waals surface area contributed by atoms with Crippen molar-refractivity contribution in [3.8, 4) is 0 Å². The zero-order chi connectivity index (χ0) is 14.0. The van der Waals surface area contributed by atoms with E-state index in [0.29, 0.717) is 10.7 Å². The minimum atomic E-state index is -3.23. The summed E-state index contributed by atoms with van der Waals surface area (Å²) in [5.41, 5.74) is 6.32. The van der Waals surface area contributed by atoms with Crippen molar-refractivity contribution >= 4 is 38.9 Å². The first kappa shape index (κ1) is 14.2. The minimum Gasteiger partial charge on any atom is -0.398 e. The van der Waals surface area contributed by atoms with E-state index >= 15 is 0 Å². The van der Waals surface area contributed by atoms with Crippen molar-refractivity contribution in [2.24, 2.45) is 0 Å². The fourth-order valence-electron chi connectivity index (χ4n) is 1.51. The van der Waals surface area contributed by atoms with Gasteiger partial charge in [-0.25, -0.2) is 8.42 Å². The van der Waals surface area contributed by atoms with E-state index in [1.807, 2.05) is 18.2 Å². The van der Waals surface area contributed by atoms with E-state index in [0.717, 1.165) is 16.0 Å². The molecule has 0 atom stereocenters. The van der Waals surface area contributed by atoms with Gasteiger partial charge < -0.3 is 5.73 Å². The number of halogens is 1. The summed E-state index contributed by atoms with van der Waals surface area (Å²) in [6.07, 6.45) is 1.16. The van der Waals surface area contributed by atoms with E-state index in [4.69, 9.17) is 17.3 Å². The van der Waals surface area contributed by atoms with Crippen molar-refractivity contribution in [1.29, 1.82) is 0 Å². The Balaban J connectivity index is 2.32. The van der Waals surface area contributed by atoms with Crippen molar-refractivity contribution in [1.82, 2.24) is 0 Å². The zero-order valence-electron chi connectivity index (χ0n) is 10.1. The van der Waals surface area contributed by atoms with E-state index in [1.165, 1.54) is 17.8 Å². The van der Waals surface area contributed by atoms with Crippen LogP contribution < -0.4 is 5.73 Å². The van der Waals surface area contributed by atoms with Gasteiger partial charge in [-0.1, -0.05) is 29.4 Å². The third-order valence-electron chi connectivity index (χ3n) is 2.43. The number of hydrogen-bond acceptors (Lipinski definition) is 4. The van der Waals surface area contributed by atoms with Gasteiger partial charge in [0.1, 0.15) is 0 Å². The largest absolute Gasteiger partial charge is 0.398 e. The highest BCUT2D eigenvalue weighted by atomic mass is 35.5. The number of nitrogen functional groups attached to an aromatic ring is 1. The first-order chi connectivity index (χ1) is 8.86. The summed E-state index contributed by atoms with van der Waals surface area (Å²) in [6, 6.07) is 12.1. The smallest absolute Gasteiger partial charge is 0.175 e. The summed E-state index contributed by atoms with van der Waals surface area (Å²) >= 11 is 7.36. The quantitative estimate of drug-likeness (QED) is 0.881. The van der Waals surface area contributed by atoms with Crippen LogP contribution in [0, 0.1) is 0 Å². The molecule has 0 saturated carbocycles. The van der Waals surface area contributed by atoms with Gasteiger partial charge in [-0.05, 0) is 36.4 Å². The number of nitrogens with two attached hydrogens (primary N) is 1. The monoisotopic (exact) mass is 313 g/mol. The topological polar surface area (TPSA) is 60.2 Å². The maximum Gasteiger partial charge on any atom is 0.175 e. The molecule has 0 aromatic heterocycles. The van der Waals surface area contributed by atoms with Crippen molar-refractivity contribution in [3.05, 3.63) is 47.5 Å². The number of sulfone groups is 1. The van der Waals surface area contributed by atoms with Gasteiger partial charge in [0.25, 0.3) is 0 Å². The summed E-state index contributed by atoms with van der Waals surface area (Å²) < 4.78 is 22.8. The van der Waals surface area contributed by atoms with E-state index in [2.05, 4.69) is 0 Å². The summed E-state index contributed by atoms with van der Waals surface area (Å²) in [7, 11) is -3.23. The Morgan fingerprint density at radius 1 is 1.16 bits per heavy atom. The van der Waals surface area contributed by atoms with Crippen LogP contribution in [0.3, 0.4) is 0 Å². The molecular weight excluding hydrogens is 302 g/mol. The van der Waals surface area contributed by atoms with Crippen LogP contribution in [0.2, 0.25) is 5.02 Å². The van der Waals surface area contributed by atoms with Gasteiger partial charge in [-0.3, -0.25) is 0 Å². The van der Waals surface area contributed by atoms with Crippen molar-refractivity contribution < 1.29 is 8.42 Å². The van der Waals surface area contributed by atoms with Crippen LogP contribution in [0.1, 0.15) is 0 Å². The molecule has 3 nitrogen and oxygen atoms in total. The Kier molecular flexibility index (Phi) is 4.08. The lowest BCUT2D eigenvalue weighted by Gasteiger charge is -2.07. The lowest BCUT2D eigenvalue weighted by molar-refractivity contribution is 0.602. The van der Waals surface area contributed by atoms with Crippen LogP contribution in [0.15, 0.2) is 57.2 Å². The Morgan fingerprint density at radius 3 is 2.47 bits per heavy atom. The molecule has 0 amide bonds. The maximum atomic E-state index is 11.4. The number of anilines is 1. The van der Waals surface area contributed by atoms with Gasteiger partial charge in [-0.2, -0.15) is 0 Å². The first-order valence-corrected chi connectivity index (χ1v) is 8.48. The zero-order valence-corrected chi connectivity index (χ0v) is 12.5. The number of hydrogen-bond donors (Lipinski definition) is 1. The normalized spacial score (nSPS) is 11.5. The van der Waals surface area contributed by atoms with Gasteiger partial charge in [0.2, 0.25) is 0 Å². The van der Waals surface area contributed by atoms with Crippen molar-refractivity contribution in [3.63, 3.8) is 0 Å². The molecule has 2 aromatic rings. The Bertz CT molecular complexity index is 714. The van der Waals surface area contributed by atoms with Gasteiger partial charge in [0.05, 0.1) is 4.90 Å². The summed E-state index contributed by atoms with van der Waals surface area (Å²) in [4.78, 5) is 1.97. The highest BCUT2D eigenvalue weighted by molar-refractivity contribution is 7.99. The molecule has 0 aliphatic heterocycles. The molecule has 2 aromatic carbocycles. The lowest BCUT2D eigenvalue weighted by Crippen LogP contribution is -1.99. The lowest BCUT2D eigenvalue weighted by atomic mass is 10.3. The summed E-state index contributed by atoms with van der Waals surface area (Å²) in [5, 5.41) is 0.649. The van der Waals surface area contributed by atoms with Crippen LogP contribution >= 0.6 is 23.4 Å². The maximum absolute atomic E-state index is 11.4. The van der Waals surface area contributed by atoms with Gasteiger partial charge >= 0.3 is 0 Å². The second-order valence-corrected chi connectivity index (χ2v) is 7.60. The Labute approximate surface area is 121 Å². The summed E-state index contributed by atoms with van der Waals surface area (Å²) in [5.74, 6) is 0. The second-order valence-electron chi connectivity index (χ2n) is 4.03. The highest BCUT2D eigenvalue weighted by Gasteiger charge is 2.10. The SMILES string of the molecule is CS(=O)(=O)c1ccc(Sc2cccc(Cl)c2)c(N)c1. The average molecular weight is 314 g/mol. The standard InChI is InChI=1S/C13H12ClNO2S2/c1-19(16,17)11-5-6-13(12(15)8-11)18-10-4-2-3-9(14)7-10/h2-8H,15H2,1H3. The Morgan fingerprint density at radius 2 is 1.89 bits per heavy atom. The second kappa shape index (κ2) is 5.45. The first-order valence-electron chi connectivity index (χ1n) is 5.39. The Hall–Kier alpha value is -1.17. The van der Waals surface area contributed by atoms with Crippen molar-refractivity contribution in [2.75, 3.05) is 12.0 Å². The van der Waals surface area contributed by atoms with Crippen LogP contribution in [0.4, 0.5) is 5.69 Å². The molecule has 0 fully saturated rings. The third kappa shape index (κ3) is 3.65. The third-order valence-corrected chi connectivity index (χ3v) is 4.86. The molecule has 0 heterocycles. The predicted molar refractivity (Wildman–Crippen MR) is 79.5 cm³/mol. The molecule has 0 radical (unpaired) electrons. The number of benzene rings is 2. The average Bonchev–Trinajstić information content (AvgIpc) is 2.30. The van der Waals surface area contributed by atoms with Gasteiger partial charge in [-0.15, -0.1) is 0 Å². The van der Waals surface area contributed by atoms with E-state index in [-0.39, 0.29) is 4.90 Å². The van der Waals surface area contributed by atoms with Crippen LogP contribution in [0.5, 0.6) is 0 Å². The van der Waals surface area contributed by atoms with Crippen molar-refractivity contribution in [2.45, 2.75) is 14.7 Å². The van der Waals surface area contributed by atoms with Gasteiger partial charge in [0.15, 0.2) is 9.84 Å². The molecule has 0 bridgehead atoms. The van der Waals surface area contributed by atoms with E-state index in [1.54, 1.807) is 18.2 Å². The molecule has 2 N–H and O–H groups in total. The molecular formula is C13H12ClNO2S2. The molecule has 0 saturated heterocycles. The molecule has 0 unspecified atom stereocenters. The predicted octanol–water partition coefficient (Wildman–Crippen LogP) is 3.48. The van der Waals surface area contributed by atoms with E-state index < -0.39 is 9.84 Å². The molecule has 2 rings (SSSR count). The van der Waals surface area contributed by atoms with Crippen LogP contribution in [-0.4, -0.2) is 14.7 Å². The molecule has 0 spiro atoms. The molecule has 0 aliphatic carbocycles. The van der Waals surface area contributed by atoms with E-state index in [9.17, 15) is 8.42 Å².